The minimum atomic E-state index is -0.953. The number of non-ortho nitro benzene ring substituents is 1. The first-order valence-corrected chi connectivity index (χ1v) is 7.23. The molecule has 1 aromatic rings. The van der Waals surface area contributed by atoms with Crippen LogP contribution in [0.15, 0.2) is 24.3 Å². The lowest BCUT2D eigenvalue weighted by atomic mass is 9.84. The van der Waals surface area contributed by atoms with E-state index in [1.807, 2.05) is 0 Å². The Labute approximate surface area is 137 Å². The highest BCUT2D eigenvalue weighted by molar-refractivity contribution is 5.87. The third kappa shape index (κ3) is 4.06. The summed E-state index contributed by atoms with van der Waals surface area (Å²) in [6.45, 7) is 1.44. The number of ether oxygens (including phenoxy) is 2. The molecule has 9 heteroatoms. The number of aldehydes is 1. The van der Waals surface area contributed by atoms with Crippen LogP contribution >= 0.6 is 0 Å². The minimum absolute atomic E-state index is 0.0628. The molecule has 1 unspecified atom stereocenters. The summed E-state index contributed by atoms with van der Waals surface area (Å²) < 4.78 is 9.95. The summed E-state index contributed by atoms with van der Waals surface area (Å²) in [5.41, 5.74) is 0.498. The third-order valence-corrected chi connectivity index (χ3v) is 3.71. The monoisotopic (exact) mass is 336 g/mol. The molecular formula is C15H16N2O7. The molecule has 2 rings (SSSR count). The van der Waals surface area contributed by atoms with Gasteiger partial charge in [-0.05, 0) is 24.6 Å². The van der Waals surface area contributed by atoms with Crippen molar-refractivity contribution in [3.8, 4) is 0 Å². The summed E-state index contributed by atoms with van der Waals surface area (Å²) in [5.74, 6) is -0.861. The fourth-order valence-corrected chi connectivity index (χ4v) is 2.42. The Morgan fingerprint density at radius 1 is 1.42 bits per heavy atom. The van der Waals surface area contributed by atoms with Gasteiger partial charge in [0.05, 0.1) is 16.9 Å². The minimum Gasteiger partial charge on any atom is -0.430 e. The Kier molecular flexibility index (Phi) is 5.46. The van der Waals surface area contributed by atoms with E-state index in [1.54, 1.807) is 6.92 Å². The number of carbonyl (C=O) groups is 3. The molecule has 0 aromatic heterocycles. The number of nitrogens with zero attached hydrogens (tertiary/aromatic N) is 1. The van der Waals surface area contributed by atoms with Crippen LogP contribution in [0.2, 0.25) is 0 Å². The van der Waals surface area contributed by atoms with E-state index in [-0.39, 0.29) is 30.7 Å². The molecule has 1 aliphatic heterocycles. The number of benzene rings is 1. The Morgan fingerprint density at radius 2 is 2.08 bits per heavy atom. The predicted molar refractivity (Wildman–Crippen MR) is 79.9 cm³/mol. The van der Waals surface area contributed by atoms with Gasteiger partial charge in [-0.15, -0.1) is 0 Å². The Morgan fingerprint density at radius 3 is 2.62 bits per heavy atom. The van der Waals surface area contributed by atoms with Crippen molar-refractivity contribution in [2.45, 2.75) is 32.1 Å². The maximum atomic E-state index is 11.7. The lowest BCUT2D eigenvalue weighted by molar-refractivity contribution is -0.384. The van der Waals surface area contributed by atoms with Crippen LogP contribution in [-0.2, 0) is 25.7 Å². The summed E-state index contributed by atoms with van der Waals surface area (Å²) >= 11 is 0. The number of hydrogen-bond acceptors (Lipinski definition) is 7. The first-order chi connectivity index (χ1) is 11.4. The van der Waals surface area contributed by atoms with Gasteiger partial charge in [0.15, 0.2) is 0 Å². The van der Waals surface area contributed by atoms with E-state index in [0.29, 0.717) is 11.8 Å². The normalized spacial score (nSPS) is 20.3. The second-order valence-electron chi connectivity index (χ2n) is 5.33. The first kappa shape index (κ1) is 17.4. The molecule has 0 saturated carbocycles. The average Bonchev–Trinajstić information content (AvgIpc) is 2.52. The van der Waals surface area contributed by atoms with Gasteiger partial charge in [-0.3, -0.25) is 14.9 Å². The van der Waals surface area contributed by atoms with E-state index >= 15 is 0 Å². The zero-order chi connectivity index (χ0) is 17.7. The van der Waals surface area contributed by atoms with Crippen molar-refractivity contribution >= 4 is 24.0 Å². The molecule has 1 aliphatic rings. The van der Waals surface area contributed by atoms with Crippen LogP contribution in [0.25, 0.3) is 0 Å². The van der Waals surface area contributed by atoms with E-state index in [2.05, 4.69) is 5.32 Å². The second-order valence-corrected chi connectivity index (χ2v) is 5.33. The van der Waals surface area contributed by atoms with Gasteiger partial charge in [0.1, 0.15) is 19.0 Å². The molecule has 0 radical (unpaired) electrons. The molecule has 1 aromatic carbocycles. The predicted octanol–water partition coefficient (Wildman–Crippen LogP) is 1.34. The van der Waals surface area contributed by atoms with Gasteiger partial charge in [0, 0.05) is 18.6 Å². The van der Waals surface area contributed by atoms with Gasteiger partial charge in [0.2, 0.25) is 5.91 Å². The third-order valence-electron chi connectivity index (χ3n) is 3.71. The molecule has 1 amide bonds. The fourth-order valence-electron chi connectivity index (χ4n) is 2.42. The largest absolute Gasteiger partial charge is 0.508 e. The van der Waals surface area contributed by atoms with Crippen LogP contribution in [0.1, 0.15) is 18.9 Å². The highest BCUT2D eigenvalue weighted by Gasteiger charge is 2.44. The summed E-state index contributed by atoms with van der Waals surface area (Å²) in [6.07, 6.45) is -0.836. The van der Waals surface area contributed by atoms with Crippen molar-refractivity contribution in [1.82, 2.24) is 5.32 Å². The fraction of sp³-hybridized carbons (Fsp3) is 0.400. The molecule has 1 N–H and O–H groups in total. The number of β-lactam (4-membered cyclic amide) rings is 1. The Balaban J connectivity index is 1.81. The van der Waals surface area contributed by atoms with Gasteiger partial charge in [-0.25, -0.2) is 4.79 Å². The molecule has 0 spiro atoms. The van der Waals surface area contributed by atoms with Crippen LogP contribution in [0.5, 0.6) is 0 Å². The molecule has 1 saturated heterocycles. The topological polar surface area (TPSA) is 125 Å². The Hall–Kier alpha value is -2.97. The number of nitrogens with one attached hydrogen (secondary N) is 1. The van der Waals surface area contributed by atoms with E-state index in [4.69, 9.17) is 9.47 Å². The number of carbonyl (C=O) groups excluding carboxylic acids is 3. The van der Waals surface area contributed by atoms with E-state index in [9.17, 15) is 24.5 Å². The number of rotatable bonds is 7. The smallest absolute Gasteiger partial charge is 0.430 e. The van der Waals surface area contributed by atoms with Gasteiger partial charge in [-0.1, -0.05) is 0 Å². The maximum Gasteiger partial charge on any atom is 0.508 e. The number of nitro groups is 1. The quantitative estimate of drug-likeness (QED) is 0.262. The molecular weight excluding hydrogens is 320 g/mol. The second kappa shape index (κ2) is 7.53. The summed E-state index contributed by atoms with van der Waals surface area (Å²) in [4.78, 5) is 43.7. The Bertz CT molecular complexity index is 642. The first-order valence-electron chi connectivity index (χ1n) is 7.23. The van der Waals surface area contributed by atoms with Gasteiger partial charge in [-0.2, -0.15) is 0 Å². The lowest BCUT2D eigenvalue weighted by Crippen LogP contribution is -2.62. The highest BCUT2D eigenvalue weighted by atomic mass is 16.7. The van der Waals surface area contributed by atoms with Crippen molar-refractivity contribution in [3.63, 3.8) is 0 Å². The molecule has 0 bridgehead atoms. The zero-order valence-electron chi connectivity index (χ0n) is 12.8. The number of nitro benzene ring substituents is 1. The summed E-state index contributed by atoms with van der Waals surface area (Å²) in [7, 11) is 0. The zero-order valence-corrected chi connectivity index (χ0v) is 12.8. The van der Waals surface area contributed by atoms with Crippen molar-refractivity contribution in [2.24, 2.45) is 5.92 Å². The van der Waals surface area contributed by atoms with Crippen molar-refractivity contribution in [2.75, 3.05) is 0 Å². The standard InChI is InChI=1S/C15H16N2O7/c1-9(13-12(6-7-18)16-14(13)19)24-15(20)23-8-10-2-4-11(5-3-10)17(21)22/h2-5,7,9,12-13H,6,8H2,1H3,(H,16,19)/t9?,12-,13-/m0/s1. The van der Waals surface area contributed by atoms with Crippen LogP contribution in [0.3, 0.4) is 0 Å². The van der Waals surface area contributed by atoms with Gasteiger partial charge in [0.25, 0.3) is 5.69 Å². The van der Waals surface area contributed by atoms with Crippen LogP contribution in [0, 0.1) is 16.0 Å². The molecule has 1 heterocycles. The molecule has 3 atom stereocenters. The number of amides is 1. The van der Waals surface area contributed by atoms with E-state index in [1.165, 1.54) is 24.3 Å². The van der Waals surface area contributed by atoms with E-state index in [0.717, 1.165) is 0 Å². The molecule has 24 heavy (non-hydrogen) atoms. The lowest BCUT2D eigenvalue weighted by Gasteiger charge is -2.38. The molecule has 0 aliphatic carbocycles. The summed E-state index contributed by atoms with van der Waals surface area (Å²) in [5, 5.41) is 13.1. The van der Waals surface area contributed by atoms with Crippen LogP contribution < -0.4 is 5.32 Å². The summed E-state index contributed by atoms with van der Waals surface area (Å²) in [6, 6.07) is 5.19. The molecule has 128 valence electrons. The SMILES string of the molecule is CC(OC(=O)OCc1ccc([N+](=O)[O-])cc1)[C@@H]1C(=O)N[C@H]1CC=O. The number of hydrogen-bond donors (Lipinski definition) is 1. The van der Waals surface area contributed by atoms with Crippen molar-refractivity contribution in [3.05, 3.63) is 39.9 Å². The average molecular weight is 336 g/mol. The van der Waals surface area contributed by atoms with Crippen LogP contribution in [-0.4, -0.2) is 35.4 Å². The van der Waals surface area contributed by atoms with Crippen LogP contribution in [0.4, 0.5) is 10.5 Å². The van der Waals surface area contributed by atoms with Gasteiger partial charge < -0.3 is 19.6 Å². The maximum absolute atomic E-state index is 11.7. The van der Waals surface area contributed by atoms with Gasteiger partial charge >= 0.3 is 6.16 Å². The van der Waals surface area contributed by atoms with E-state index < -0.39 is 23.1 Å². The molecule has 9 nitrogen and oxygen atoms in total. The highest BCUT2D eigenvalue weighted by Crippen LogP contribution is 2.23. The molecule has 1 fully saturated rings. The van der Waals surface area contributed by atoms with Crippen molar-refractivity contribution in [1.29, 1.82) is 0 Å². The van der Waals surface area contributed by atoms with Crippen molar-refractivity contribution < 1.29 is 28.8 Å².